The largest absolute Gasteiger partial charge is 0.394 e. The van der Waals surface area contributed by atoms with Gasteiger partial charge in [-0.3, -0.25) is 14.4 Å². The number of amides is 2. The van der Waals surface area contributed by atoms with Crippen LogP contribution in [0.1, 0.15) is 86.0 Å². The molecule has 5 aliphatic carbocycles. The lowest BCUT2D eigenvalue weighted by Gasteiger charge is -2.62. The average molecular weight is 733 g/mol. The van der Waals surface area contributed by atoms with E-state index in [0.29, 0.717) is 54.3 Å². The van der Waals surface area contributed by atoms with Crippen LogP contribution in [-0.2, 0) is 19.2 Å². The minimum atomic E-state index is -0.826. The number of ether oxygens (including phenoxy) is 1. The van der Waals surface area contributed by atoms with Crippen LogP contribution in [0, 0.1) is 52.8 Å². The lowest BCUT2D eigenvalue weighted by molar-refractivity contribution is -0.193. The number of carbonyl (C=O) groups excluding carboxylic acids is 2. The van der Waals surface area contributed by atoms with Gasteiger partial charge in [0.1, 0.15) is 12.1 Å². The Morgan fingerprint density at radius 1 is 1.06 bits per heavy atom. The maximum atomic E-state index is 14.3. The monoisotopic (exact) mass is 733 g/mol. The zero-order valence-corrected chi connectivity index (χ0v) is 33.4. The molecule has 16 atom stereocenters. The van der Waals surface area contributed by atoms with Crippen LogP contribution < -0.4 is 21.3 Å². The van der Waals surface area contributed by atoms with Crippen molar-refractivity contribution < 1.29 is 29.4 Å². The number of rotatable bonds is 12. The van der Waals surface area contributed by atoms with E-state index >= 15 is 0 Å². The molecule has 5 saturated carbocycles. The Labute approximate surface area is 313 Å². The van der Waals surface area contributed by atoms with Gasteiger partial charge in [0.2, 0.25) is 11.8 Å². The number of hydrogen-bond donors (Lipinski definition) is 6. The molecule has 12 heteroatoms. The van der Waals surface area contributed by atoms with Crippen molar-refractivity contribution in [1.82, 2.24) is 31.2 Å². The van der Waals surface area contributed by atoms with E-state index in [2.05, 4.69) is 68.0 Å². The molecular formula is C40H72N6O6. The fourth-order valence-electron chi connectivity index (χ4n) is 11.8. The Hall–Kier alpha value is -1.38. The number of hydrogen-bond acceptors (Lipinski definition) is 10. The minimum Gasteiger partial charge on any atom is -0.394 e. The van der Waals surface area contributed by atoms with Gasteiger partial charge in [0.15, 0.2) is 0 Å². The lowest BCUT2D eigenvalue weighted by atomic mass is 9.45. The molecule has 2 aliphatic heterocycles. The van der Waals surface area contributed by atoms with Gasteiger partial charge in [0.25, 0.3) is 0 Å². The van der Waals surface area contributed by atoms with Gasteiger partial charge in [-0.05, 0) is 108 Å². The molecule has 2 amide bonds. The molecule has 0 aromatic heterocycles. The average Bonchev–Trinajstić information content (AvgIpc) is 3.50. The number of methoxy groups -OCH3 is 1. The number of nitrogens with one attached hydrogen (secondary N) is 4. The van der Waals surface area contributed by atoms with Crippen LogP contribution in [0.3, 0.4) is 0 Å². The molecule has 2 saturated heterocycles. The molecule has 2 bridgehead atoms. The van der Waals surface area contributed by atoms with Crippen LogP contribution in [0.2, 0.25) is 0 Å². The molecule has 7 fully saturated rings. The highest BCUT2D eigenvalue weighted by molar-refractivity contribution is 5.83. The van der Waals surface area contributed by atoms with Gasteiger partial charge >= 0.3 is 0 Å². The minimum absolute atomic E-state index is 0.0506. The van der Waals surface area contributed by atoms with Crippen molar-refractivity contribution >= 4 is 11.8 Å². The molecule has 298 valence electrons. The van der Waals surface area contributed by atoms with Crippen molar-refractivity contribution in [1.29, 1.82) is 0 Å². The normalized spacial score (nSPS) is 44.2. The lowest BCUT2D eigenvalue weighted by Crippen LogP contribution is -2.62. The molecule has 7 rings (SSSR count). The highest BCUT2D eigenvalue weighted by atomic mass is 16.7. The highest BCUT2D eigenvalue weighted by Crippen LogP contribution is 2.61. The van der Waals surface area contributed by atoms with Gasteiger partial charge in [-0.1, -0.05) is 27.2 Å². The van der Waals surface area contributed by atoms with Gasteiger partial charge in [-0.15, -0.1) is 0 Å². The fraction of sp³-hybridized carbons (Fsp3) is 0.950. The molecule has 52 heavy (non-hydrogen) atoms. The van der Waals surface area contributed by atoms with E-state index in [1.165, 1.54) is 6.42 Å². The van der Waals surface area contributed by atoms with Crippen molar-refractivity contribution in [2.45, 2.75) is 135 Å². The molecule has 0 spiro atoms. The Morgan fingerprint density at radius 3 is 2.44 bits per heavy atom. The fourth-order valence-corrected chi connectivity index (χ4v) is 11.8. The van der Waals surface area contributed by atoms with E-state index in [1.807, 2.05) is 0 Å². The van der Waals surface area contributed by atoms with E-state index < -0.39 is 24.2 Å². The summed E-state index contributed by atoms with van der Waals surface area (Å²) in [5.41, 5.74) is 0.317. The van der Waals surface area contributed by atoms with Crippen LogP contribution >= 0.6 is 0 Å². The first-order valence-electron chi connectivity index (χ1n) is 20.7. The van der Waals surface area contributed by atoms with Gasteiger partial charge in [-0.25, -0.2) is 0 Å². The molecule has 0 aromatic carbocycles. The van der Waals surface area contributed by atoms with E-state index in [-0.39, 0.29) is 54.4 Å². The van der Waals surface area contributed by atoms with Crippen LogP contribution in [-0.4, -0.2) is 135 Å². The molecule has 0 aromatic rings. The number of nitrogens with zero attached hydrogens (tertiary/aromatic N) is 2. The van der Waals surface area contributed by atoms with Crippen LogP contribution in [0.25, 0.3) is 0 Å². The molecule has 6 N–H and O–H groups in total. The standard InChI is InChI=1S/C40H72N6O6/c1-22-17-42-29(18-41-22)19-43-38(49)27-12-26(13-30(14-27)45(6)7)31-11-9-10-25(37(31)51-8)20-46-36(35(24(3)48)34(21-47)52-46)39(50)44-33-16-28-15-32(23(33)2)40(28,4)5/h22-37,41-42,47-48H,9-21H2,1-8H3,(H,43,49)(H,44,50)/t22?,23-,24-,25?,26?,27?,28+,29?,30?,31?,32-,33-,34-,35-,36-,37?/m0/s1. The highest BCUT2D eigenvalue weighted by Gasteiger charge is 2.58. The second-order valence-electron chi connectivity index (χ2n) is 18.8. The molecule has 7 aliphatic rings. The molecular weight excluding hydrogens is 660 g/mol. The van der Waals surface area contributed by atoms with Crippen LogP contribution in [0.5, 0.6) is 0 Å². The Kier molecular flexibility index (Phi) is 13.0. The Bertz CT molecular complexity index is 1210. The summed E-state index contributed by atoms with van der Waals surface area (Å²) in [6.45, 7) is 13.5. The predicted molar refractivity (Wildman–Crippen MR) is 201 cm³/mol. The number of aliphatic hydroxyl groups is 2. The molecule has 0 radical (unpaired) electrons. The van der Waals surface area contributed by atoms with Gasteiger partial charge < -0.3 is 41.1 Å². The smallest absolute Gasteiger partial charge is 0.240 e. The third-order valence-electron chi connectivity index (χ3n) is 15.1. The topological polar surface area (TPSA) is 148 Å². The van der Waals surface area contributed by atoms with Crippen LogP contribution in [0.15, 0.2) is 0 Å². The first-order valence-corrected chi connectivity index (χ1v) is 20.7. The zero-order valence-electron chi connectivity index (χ0n) is 33.4. The number of fused-ring (bicyclic) bond motifs is 2. The maximum absolute atomic E-state index is 14.3. The van der Waals surface area contributed by atoms with E-state index in [0.717, 1.165) is 58.0 Å². The summed E-state index contributed by atoms with van der Waals surface area (Å²) >= 11 is 0. The zero-order chi connectivity index (χ0) is 37.5. The Balaban J connectivity index is 1.14. The summed E-state index contributed by atoms with van der Waals surface area (Å²) in [6, 6.07) is 0.391. The van der Waals surface area contributed by atoms with Crippen molar-refractivity contribution in [3.8, 4) is 0 Å². The van der Waals surface area contributed by atoms with Crippen molar-refractivity contribution in [3.05, 3.63) is 0 Å². The second-order valence-corrected chi connectivity index (χ2v) is 18.8. The summed E-state index contributed by atoms with van der Waals surface area (Å²) in [4.78, 5) is 36.7. The third kappa shape index (κ3) is 8.25. The summed E-state index contributed by atoms with van der Waals surface area (Å²) in [6.07, 6.45) is 6.44. The Morgan fingerprint density at radius 2 is 1.83 bits per heavy atom. The third-order valence-corrected chi connectivity index (χ3v) is 15.1. The van der Waals surface area contributed by atoms with E-state index in [1.54, 1.807) is 19.1 Å². The number of carbonyl (C=O) groups is 2. The predicted octanol–water partition coefficient (Wildman–Crippen LogP) is 1.99. The summed E-state index contributed by atoms with van der Waals surface area (Å²) in [5, 5.41) is 36.9. The van der Waals surface area contributed by atoms with Gasteiger partial charge in [-0.2, -0.15) is 5.06 Å². The molecule has 8 unspecified atom stereocenters. The SMILES string of the molecule is COC1C(CN2O[C@@H](CO)[C@H]([C@H](C)O)[C@H]2C(=O)N[C@H]2C[C@H]3C[C@@H]([C@@H]2C)C3(C)C)CCCC1C1CC(C(=O)NCC2CNC(C)CN2)CC(N(C)C)C1. The number of piperazine rings is 1. The quantitative estimate of drug-likeness (QED) is 0.176. The van der Waals surface area contributed by atoms with Crippen molar-refractivity contribution in [3.63, 3.8) is 0 Å². The summed E-state index contributed by atoms with van der Waals surface area (Å²) in [7, 11) is 6.06. The van der Waals surface area contributed by atoms with Crippen molar-refractivity contribution in [2.75, 3.05) is 54.0 Å². The second kappa shape index (κ2) is 16.8. The van der Waals surface area contributed by atoms with E-state index in [4.69, 9.17) is 9.57 Å². The number of hydroxylamine groups is 2. The molecule has 12 nitrogen and oxygen atoms in total. The number of aliphatic hydroxyl groups excluding tert-OH is 2. The first kappa shape index (κ1) is 40.3. The first-order chi connectivity index (χ1) is 24.7. The molecule has 2 heterocycles. The van der Waals surface area contributed by atoms with Crippen molar-refractivity contribution in [2.24, 2.45) is 52.8 Å². The summed E-state index contributed by atoms with van der Waals surface area (Å²) in [5.74, 6) is 1.76. The maximum Gasteiger partial charge on any atom is 0.240 e. The van der Waals surface area contributed by atoms with Gasteiger partial charge in [0, 0.05) is 75.2 Å². The van der Waals surface area contributed by atoms with Gasteiger partial charge in [0.05, 0.1) is 18.8 Å². The summed E-state index contributed by atoms with van der Waals surface area (Å²) < 4.78 is 6.39. The van der Waals surface area contributed by atoms with E-state index in [9.17, 15) is 19.8 Å². The van der Waals surface area contributed by atoms with Crippen LogP contribution in [0.4, 0.5) is 0 Å².